The second-order valence-electron chi connectivity index (χ2n) is 4.25. The van der Waals surface area contributed by atoms with Gasteiger partial charge in [-0.2, -0.15) is 0 Å². The Hall–Kier alpha value is -1.63. The highest BCUT2D eigenvalue weighted by Crippen LogP contribution is 2.25. The van der Waals surface area contributed by atoms with E-state index >= 15 is 0 Å². The summed E-state index contributed by atoms with van der Waals surface area (Å²) in [6.45, 7) is 2.49. The third kappa shape index (κ3) is 2.73. The average molecular weight is 240 g/mol. The number of nitrogens with zero attached hydrogens (tertiary/aromatic N) is 3. The number of hydrogen-bond donors (Lipinski definition) is 1. The van der Waals surface area contributed by atoms with Crippen LogP contribution in [0.15, 0.2) is 6.33 Å². The maximum Gasteiger partial charge on any atom is 0.426 e. The van der Waals surface area contributed by atoms with Crippen LogP contribution in [0.1, 0.15) is 12.8 Å². The van der Waals surface area contributed by atoms with Crippen molar-refractivity contribution < 1.29 is 9.66 Å². The molecule has 0 spiro atoms. The highest BCUT2D eigenvalue weighted by Gasteiger charge is 2.23. The topological polar surface area (TPSA) is 82.2 Å². The molecule has 7 heteroatoms. The Balaban J connectivity index is 1.97. The van der Waals surface area contributed by atoms with Crippen LogP contribution in [-0.2, 0) is 7.05 Å². The van der Waals surface area contributed by atoms with Crippen molar-refractivity contribution in [2.24, 2.45) is 13.0 Å². The van der Waals surface area contributed by atoms with Crippen molar-refractivity contribution >= 4 is 5.82 Å². The van der Waals surface area contributed by atoms with Gasteiger partial charge in [0, 0.05) is 7.05 Å². The molecule has 0 bridgehead atoms. The molecule has 1 aliphatic rings. The maximum absolute atomic E-state index is 10.7. The molecule has 2 rings (SSSR count). The van der Waals surface area contributed by atoms with Gasteiger partial charge in [-0.15, -0.1) is 0 Å². The predicted octanol–water partition coefficient (Wildman–Crippen LogP) is 0.707. The Morgan fingerprint density at radius 2 is 2.35 bits per heavy atom. The second-order valence-corrected chi connectivity index (χ2v) is 4.25. The predicted molar refractivity (Wildman–Crippen MR) is 61.0 cm³/mol. The van der Waals surface area contributed by atoms with E-state index in [4.69, 9.17) is 4.74 Å². The molecule has 1 saturated heterocycles. The molecule has 0 unspecified atom stereocenters. The lowest BCUT2D eigenvalue weighted by atomic mass is 9.99. The first-order valence-electron chi connectivity index (χ1n) is 5.67. The lowest BCUT2D eigenvalue weighted by Crippen LogP contribution is -2.30. The summed E-state index contributed by atoms with van der Waals surface area (Å²) in [6.07, 6.45) is 3.49. The summed E-state index contributed by atoms with van der Waals surface area (Å²) in [4.78, 5) is 13.9. The minimum absolute atomic E-state index is 0.207. The van der Waals surface area contributed by atoms with Gasteiger partial charge in [-0.1, -0.05) is 0 Å². The Morgan fingerprint density at radius 1 is 1.65 bits per heavy atom. The Kier molecular flexibility index (Phi) is 3.58. The van der Waals surface area contributed by atoms with Gasteiger partial charge in [-0.05, 0) is 41.8 Å². The van der Waals surface area contributed by atoms with Crippen LogP contribution in [-0.4, -0.2) is 34.2 Å². The van der Waals surface area contributed by atoms with Crippen molar-refractivity contribution in [2.45, 2.75) is 12.8 Å². The van der Waals surface area contributed by atoms with Gasteiger partial charge in [0.2, 0.25) is 6.33 Å². The number of aromatic nitrogens is 2. The molecule has 17 heavy (non-hydrogen) atoms. The second kappa shape index (κ2) is 5.13. The largest absolute Gasteiger partial charge is 0.472 e. The number of nitro groups is 1. The van der Waals surface area contributed by atoms with E-state index in [1.54, 1.807) is 11.6 Å². The summed E-state index contributed by atoms with van der Waals surface area (Å²) < 4.78 is 7.08. The first-order valence-corrected chi connectivity index (χ1v) is 5.67. The van der Waals surface area contributed by atoms with Gasteiger partial charge < -0.3 is 20.2 Å². The van der Waals surface area contributed by atoms with E-state index in [0.29, 0.717) is 12.5 Å². The SMILES string of the molecule is Cn1cnc([N+](=O)[O-])c1OCC1CCNCC1. The molecule has 1 aromatic rings. The smallest absolute Gasteiger partial charge is 0.426 e. The molecule has 1 aromatic heterocycles. The molecule has 0 saturated carbocycles. The molecule has 0 atom stereocenters. The number of ether oxygens (including phenoxy) is 1. The van der Waals surface area contributed by atoms with Gasteiger partial charge in [0.05, 0.1) is 6.61 Å². The van der Waals surface area contributed by atoms with Crippen LogP contribution < -0.4 is 10.1 Å². The summed E-state index contributed by atoms with van der Waals surface area (Å²) in [5.41, 5.74) is 0. The zero-order valence-corrected chi connectivity index (χ0v) is 9.76. The van der Waals surface area contributed by atoms with Crippen LogP contribution in [0.3, 0.4) is 0 Å². The van der Waals surface area contributed by atoms with Gasteiger partial charge in [0.1, 0.15) is 0 Å². The van der Waals surface area contributed by atoms with Crippen molar-refractivity contribution in [2.75, 3.05) is 19.7 Å². The van der Waals surface area contributed by atoms with Crippen molar-refractivity contribution in [1.82, 2.24) is 14.9 Å². The minimum atomic E-state index is -0.516. The van der Waals surface area contributed by atoms with E-state index in [2.05, 4.69) is 10.3 Å². The summed E-state index contributed by atoms with van der Waals surface area (Å²) in [5, 5.41) is 14.0. The minimum Gasteiger partial charge on any atom is -0.472 e. The zero-order valence-electron chi connectivity index (χ0n) is 9.76. The van der Waals surface area contributed by atoms with E-state index in [1.807, 2.05) is 0 Å². The summed E-state index contributed by atoms with van der Waals surface area (Å²) in [5.74, 6) is 0.501. The molecule has 94 valence electrons. The van der Waals surface area contributed by atoms with E-state index in [9.17, 15) is 10.1 Å². The molecule has 0 aromatic carbocycles. The van der Waals surface area contributed by atoms with E-state index in [0.717, 1.165) is 25.9 Å². The Labute approximate surface area is 98.9 Å². The molecule has 7 nitrogen and oxygen atoms in total. The van der Waals surface area contributed by atoms with Crippen LogP contribution in [0.4, 0.5) is 5.82 Å². The van der Waals surface area contributed by atoms with Gasteiger partial charge in [-0.3, -0.25) is 4.57 Å². The monoisotopic (exact) mass is 240 g/mol. The first-order chi connectivity index (χ1) is 8.18. The molecule has 2 heterocycles. The number of nitrogens with one attached hydrogen (secondary N) is 1. The van der Waals surface area contributed by atoms with Crippen molar-refractivity contribution in [1.29, 1.82) is 0 Å². The van der Waals surface area contributed by atoms with Crippen molar-refractivity contribution in [3.05, 3.63) is 16.4 Å². The fourth-order valence-corrected chi connectivity index (χ4v) is 1.94. The highest BCUT2D eigenvalue weighted by molar-refractivity contribution is 5.33. The average Bonchev–Trinajstić information content (AvgIpc) is 2.69. The standard InChI is InChI=1S/C10H16N4O3/c1-13-7-12-9(14(15)16)10(13)17-6-8-2-4-11-5-3-8/h7-8,11H,2-6H2,1H3. The van der Waals surface area contributed by atoms with E-state index in [-0.39, 0.29) is 11.7 Å². The van der Waals surface area contributed by atoms with Gasteiger partial charge in [0.25, 0.3) is 5.88 Å². The summed E-state index contributed by atoms with van der Waals surface area (Å²) in [6, 6.07) is 0. The fraction of sp³-hybridized carbons (Fsp3) is 0.700. The fourth-order valence-electron chi connectivity index (χ4n) is 1.94. The zero-order chi connectivity index (χ0) is 12.3. The number of rotatable bonds is 4. The van der Waals surface area contributed by atoms with Gasteiger partial charge >= 0.3 is 5.82 Å². The summed E-state index contributed by atoms with van der Waals surface area (Å²) in [7, 11) is 1.69. The maximum atomic E-state index is 10.7. The van der Waals surface area contributed by atoms with Crippen LogP contribution >= 0.6 is 0 Å². The quantitative estimate of drug-likeness (QED) is 0.619. The van der Waals surface area contributed by atoms with Crippen LogP contribution in [0.25, 0.3) is 0 Å². The van der Waals surface area contributed by atoms with Crippen molar-refractivity contribution in [3.8, 4) is 5.88 Å². The third-order valence-corrected chi connectivity index (χ3v) is 2.95. The Morgan fingerprint density at radius 3 is 3.00 bits per heavy atom. The third-order valence-electron chi connectivity index (χ3n) is 2.95. The first kappa shape index (κ1) is 11.8. The number of piperidine rings is 1. The van der Waals surface area contributed by atoms with Crippen LogP contribution in [0.5, 0.6) is 5.88 Å². The molecular formula is C10H16N4O3. The molecule has 0 amide bonds. The molecular weight excluding hydrogens is 224 g/mol. The number of imidazole rings is 1. The molecule has 0 radical (unpaired) electrons. The van der Waals surface area contributed by atoms with E-state index in [1.165, 1.54) is 6.33 Å². The van der Waals surface area contributed by atoms with Gasteiger partial charge in [0.15, 0.2) is 0 Å². The molecule has 0 aliphatic carbocycles. The van der Waals surface area contributed by atoms with Crippen molar-refractivity contribution in [3.63, 3.8) is 0 Å². The van der Waals surface area contributed by atoms with E-state index < -0.39 is 4.92 Å². The Bertz CT molecular complexity index is 398. The number of hydrogen-bond acceptors (Lipinski definition) is 5. The molecule has 1 aliphatic heterocycles. The number of aryl methyl sites for hydroxylation is 1. The molecule has 1 N–H and O–H groups in total. The molecule has 1 fully saturated rings. The lowest BCUT2D eigenvalue weighted by Gasteiger charge is -2.22. The van der Waals surface area contributed by atoms with Crippen LogP contribution in [0, 0.1) is 16.0 Å². The van der Waals surface area contributed by atoms with Crippen LogP contribution in [0.2, 0.25) is 0 Å². The normalized spacial score (nSPS) is 17.0. The summed E-state index contributed by atoms with van der Waals surface area (Å²) >= 11 is 0. The van der Waals surface area contributed by atoms with Gasteiger partial charge in [-0.25, -0.2) is 0 Å². The lowest BCUT2D eigenvalue weighted by molar-refractivity contribution is -0.390. The highest BCUT2D eigenvalue weighted by atomic mass is 16.6.